The third-order valence-corrected chi connectivity index (χ3v) is 5.97. The molecule has 0 aliphatic rings. The zero-order valence-electron chi connectivity index (χ0n) is 19.0. The molecule has 4 aromatic rings. The minimum atomic E-state index is -0.439. The number of hydrogen-bond donors (Lipinski definition) is 0. The highest BCUT2D eigenvalue weighted by Crippen LogP contribution is 2.25. The summed E-state index contributed by atoms with van der Waals surface area (Å²) < 4.78 is 1.64. The van der Waals surface area contributed by atoms with Crippen LogP contribution in [0.5, 0.6) is 0 Å². The predicted molar refractivity (Wildman–Crippen MR) is 133 cm³/mol. The van der Waals surface area contributed by atoms with E-state index in [1.807, 2.05) is 63.2 Å². The van der Waals surface area contributed by atoms with Crippen LogP contribution in [-0.4, -0.2) is 26.9 Å². The molecule has 1 aromatic heterocycles. The molecule has 0 radical (unpaired) electrons. The van der Waals surface area contributed by atoms with Gasteiger partial charge >= 0.3 is 0 Å². The molecular formula is C27H26ClN3O2. The van der Waals surface area contributed by atoms with E-state index in [9.17, 15) is 9.59 Å². The average molecular weight is 460 g/mol. The third kappa shape index (κ3) is 4.55. The van der Waals surface area contributed by atoms with Gasteiger partial charge in [-0.2, -0.15) is 0 Å². The van der Waals surface area contributed by atoms with Gasteiger partial charge in [0.15, 0.2) is 0 Å². The molecule has 168 valence electrons. The van der Waals surface area contributed by atoms with Crippen molar-refractivity contribution in [2.75, 3.05) is 6.54 Å². The Bertz CT molecular complexity index is 1360. The van der Waals surface area contributed by atoms with Crippen LogP contribution in [0.25, 0.3) is 16.6 Å². The van der Waals surface area contributed by atoms with Crippen LogP contribution in [0.2, 0.25) is 5.02 Å². The normalized spacial score (nSPS) is 12.0. The van der Waals surface area contributed by atoms with Crippen LogP contribution in [0.4, 0.5) is 0 Å². The molecule has 0 fully saturated rings. The molecule has 1 unspecified atom stereocenters. The molecule has 3 aromatic carbocycles. The predicted octanol–water partition coefficient (Wildman–Crippen LogP) is 5.96. The van der Waals surface area contributed by atoms with E-state index in [4.69, 9.17) is 16.6 Å². The van der Waals surface area contributed by atoms with Gasteiger partial charge in [0.2, 0.25) is 0 Å². The highest BCUT2D eigenvalue weighted by atomic mass is 35.5. The summed E-state index contributed by atoms with van der Waals surface area (Å²) in [6, 6.07) is 21.5. The Morgan fingerprint density at radius 3 is 2.48 bits per heavy atom. The van der Waals surface area contributed by atoms with E-state index in [1.54, 1.807) is 39.8 Å². The Balaban J connectivity index is 1.90. The summed E-state index contributed by atoms with van der Waals surface area (Å²) in [5.41, 5.74) is 2.78. The number of carbonyl (C=O) groups excluding carboxylic acids is 1. The standard InChI is InChI=1S/C27H26ClN3O2/c1-4-16-30(26(32)20-12-14-21(28)15-13-20)19(3)25-29-24-11-6-5-10-23(24)27(33)31(25)22-9-7-8-18(2)17-22/h5-15,17,19H,4,16H2,1-3H3. The molecule has 0 saturated carbocycles. The van der Waals surface area contributed by atoms with Gasteiger partial charge in [-0.3, -0.25) is 14.2 Å². The van der Waals surface area contributed by atoms with Crippen molar-refractivity contribution in [1.82, 2.24) is 14.5 Å². The molecule has 1 amide bonds. The smallest absolute Gasteiger partial charge is 0.266 e. The summed E-state index contributed by atoms with van der Waals surface area (Å²) in [5, 5.41) is 1.12. The summed E-state index contributed by atoms with van der Waals surface area (Å²) in [4.78, 5) is 33.8. The lowest BCUT2D eigenvalue weighted by Gasteiger charge is -2.30. The lowest BCUT2D eigenvalue weighted by molar-refractivity contribution is 0.0681. The number of fused-ring (bicyclic) bond motifs is 1. The Labute approximate surface area is 198 Å². The van der Waals surface area contributed by atoms with Crippen molar-refractivity contribution in [3.63, 3.8) is 0 Å². The molecule has 0 bridgehead atoms. The first kappa shape index (κ1) is 22.7. The van der Waals surface area contributed by atoms with E-state index in [1.165, 1.54) is 0 Å². The minimum absolute atomic E-state index is 0.126. The molecule has 0 aliphatic carbocycles. The zero-order chi connectivity index (χ0) is 23.5. The van der Waals surface area contributed by atoms with Gasteiger partial charge < -0.3 is 4.90 Å². The van der Waals surface area contributed by atoms with E-state index in [-0.39, 0.29) is 11.5 Å². The topological polar surface area (TPSA) is 55.2 Å². The van der Waals surface area contributed by atoms with Crippen LogP contribution < -0.4 is 5.56 Å². The molecule has 4 rings (SSSR count). The molecule has 0 N–H and O–H groups in total. The number of amides is 1. The number of hydrogen-bond acceptors (Lipinski definition) is 3. The van der Waals surface area contributed by atoms with Crippen LogP contribution in [-0.2, 0) is 0 Å². The molecule has 33 heavy (non-hydrogen) atoms. The maximum absolute atomic E-state index is 13.6. The van der Waals surface area contributed by atoms with E-state index < -0.39 is 6.04 Å². The molecule has 6 heteroatoms. The van der Waals surface area contributed by atoms with Crippen molar-refractivity contribution >= 4 is 28.4 Å². The molecule has 0 aliphatic heterocycles. The third-order valence-electron chi connectivity index (χ3n) is 5.72. The van der Waals surface area contributed by atoms with Gasteiger partial charge in [0.1, 0.15) is 5.82 Å². The summed E-state index contributed by atoms with van der Waals surface area (Å²) in [6.07, 6.45) is 0.770. The van der Waals surface area contributed by atoms with E-state index in [0.29, 0.717) is 33.9 Å². The summed E-state index contributed by atoms with van der Waals surface area (Å²) in [6.45, 7) is 6.46. The van der Waals surface area contributed by atoms with Crippen LogP contribution in [0.1, 0.15) is 48.1 Å². The van der Waals surface area contributed by atoms with Gasteiger partial charge in [0, 0.05) is 17.1 Å². The van der Waals surface area contributed by atoms with Crippen LogP contribution >= 0.6 is 11.6 Å². The second-order valence-corrected chi connectivity index (χ2v) is 8.58. The minimum Gasteiger partial charge on any atom is -0.329 e. The van der Waals surface area contributed by atoms with E-state index in [2.05, 4.69) is 0 Å². The van der Waals surface area contributed by atoms with Gasteiger partial charge in [-0.15, -0.1) is 0 Å². The van der Waals surface area contributed by atoms with Gasteiger partial charge in [0.05, 0.1) is 22.6 Å². The molecule has 0 saturated heterocycles. The van der Waals surface area contributed by atoms with Gasteiger partial charge in [-0.25, -0.2) is 4.98 Å². The number of halogens is 1. The Kier molecular flexibility index (Phi) is 6.61. The van der Waals surface area contributed by atoms with Crippen molar-refractivity contribution in [2.45, 2.75) is 33.2 Å². The summed E-state index contributed by atoms with van der Waals surface area (Å²) in [7, 11) is 0. The summed E-state index contributed by atoms with van der Waals surface area (Å²) >= 11 is 6.02. The van der Waals surface area contributed by atoms with Crippen molar-refractivity contribution < 1.29 is 4.79 Å². The number of carbonyl (C=O) groups is 1. The van der Waals surface area contributed by atoms with Gasteiger partial charge in [-0.05, 0) is 74.4 Å². The molecule has 0 spiro atoms. The fourth-order valence-electron chi connectivity index (χ4n) is 4.06. The zero-order valence-corrected chi connectivity index (χ0v) is 19.7. The molecule has 1 heterocycles. The highest BCUT2D eigenvalue weighted by molar-refractivity contribution is 6.30. The number of aromatic nitrogens is 2. The quantitative estimate of drug-likeness (QED) is 0.357. The molecular weight excluding hydrogens is 434 g/mol. The second-order valence-electron chi connectivity index (χ2n) is 8.15. The fourth-order valence-corrected chi connectivity index (χ4v) is 4.18. The van der Waals surface area contributed by atoms with Crippen LogP contribution in [0.15, 0.2) is 77.6 Å². The lowest BCUT2D eigenvalue weighted by Crippen LogP contribution is -2.38. The summed E-state index contributed by atoms with van der Waals surface area (Å²) in [5.74, 6) is 0.402. The van der Waals surface area contributed by atoms with Gasteiger partial charge in [0.25, 0.3) is 11.5 Å². The lowest BCUT2D eigenvalue weighted by atomic mass is 10.1. The average Bonchev–Trinajstić information content (AvgIpc) is 2.82. The first-order chi connectivity index (χ1) is 15.9. The number of benzene rings is 3. The number of rotatable bonds is 6. The van der Waals surface area contributed by atoms with Gasteiger partial charge in [-0.1, -0.05) is 42.8 Å². The largest absolute Gasteiger partial charge is 0.329 e. The Morgan fingerprint density at radius 2 is 1.79 bits per heavy atom. The first-order valence-electron chi connectivity index (χ1n) is 11.1. The first-order valence-corrected chi connectivity index (χ1v) is 11.4. The van der Waals surface area contributed by atoms with E-state index >= 15 is 0 Å². The second kappa shape index (κ2) is 9.59. The highest BCUT2D eigenvalue weighted by Gasteiger charge is 2.27. The van der Waals surface area contributed by atoms with Crippen LogP contribution in [0, 0.1) is 6.92 Å². The number of aryl methyl sites for hydroxylation is 1. The SMILES string of the molecule is CCCN(C(=O)c1ccc(Cl)cc1)C(C)c1nc2ccccc2c(=O)n1-c1cccc(C)c1. The number of para-hydroxylation sites is 1. The molecule has 1 atom stereocenters. The van der Waals surface area contributed by atoms with Crippen molar-refractivity contribution in [3.8, 4) is 5.69 Å². The van der Waals surface area contributed by atoms with E-state index in [0.717, 1.165) is 17.7 Å². The van der Waals surface area contributed by atoms with Crippen molar-refractivity contribution in [1.29, 1.82) is 0 Å². The fraction of sp³-hybridized carbons (Fsp3) is 0.222. The maximum atomic E-state index is 13.6. The Hall–Kier alpha value is -3.44. The monoisotopic (exact) mass is 459 g/mol. The molecule has 5 nitrogen and oxygen atoms in total. The maximum Gasteiger partial charge on any atom is 0.266 e. The van der Waals surface area contributed by atoms with Crippen molar-refractivity contribution in [3.05, 3.63) is 105 Å². The Morgan fingerprint density at radius 1 is 1.06 bits per heavy atom. The number of nitrogens with zero attached hydrogens (tertiary/aromatic N) is 3. The van der Waals surface area contributed by atoms with Crippen LogP contribution in [0.3, 0.4) is 0 Å². The van der Waals surface area contributed by atoms with Crippen molar-refractivity contribution in [2.24, 2.45) is 0 Å².